The molecular formula is C15H32N2S. The smallest absolute Gasteiger partial charge is 0.0768 e. The summed E-state index contributed by atoms with van der Waals surface area (Å²) in [5.74, 6) is 0.338. The Hall–Kier alpha value is -0.150. The van der Waals surface area contributed by atoms with Gasteiger partial charge in [-0.15, -0.1) is 0 Å². The van der Waals surface area contributed by atoms with Crippen LogP contribution in [0.2, 0.25) is 0 Å². The molecule has 0 bridgehead atoms. The first-order chi connectivity index (χ1) is 8.61. The maximum Gasteiger partial charge on any atom is 0.0768 e. The molecule has 108 valence electrons. The molecule has 18 heavy (non-hydrogen) atoms. The summed E-state index contributed by atoms with van der Waals surface area (Å²) in [6.45, 7) is 9.91. The van der Waals surface area contributed by atoms with E-state index in [0.717, 1.165) is 13.1 Å². The minimum atomic E-state index is 0.338. The van der Waals surface area contributed by atoms with E-state index in [1.165, 1.54) is 51.5 Å². The summed E-state index contributed by atoms with van der Waals surface area (Å²) in [6.07, 6.45) is 9.61. The number of nitrogens with zero attached hydrogens (tertiary/aromatic N) is 1. The van der Waals surface area contributed by atoms with Crippen molar-refractivity contribution in [2.75, 3.05) is 19.6 Å². The normalized spacial score (nSPS) is 12.9. The zero-order chi connectivity index (χ0) is 13.8. The topological polar surface area (TPSA) is 29.3 Å². The SMILES string of the molecule is CCCCCCCCCN(CC)CC(C)C(N)=S. The minimum absolute atomic E-state index is 0.338. The number of thiocarbonyl (C=S) groups is 1. The van der Waals surface area contributed by atoms with E-state index < -0.39 is 0 Å². The lowest BCUT2D eigenvalue weighted by atomic mass is 10.1. The Morgan fingerprint density at radius 3 is 2.11 bits per heavy atom. The van der Waals surface area contributed by atoms with Crippen molar-refractivity contribution in [3.63, 3.8) is 0 Å². The number of unbranched alkanes of at least 4 members (excludes halogenated alkanes) is 6. The first-order valence-electron chi connectivity index (χ1n) is 7.63. The van der Waals surface area contributed by atoms with Gasteiger partial charge in [0.05, 0.1) is 4.99 Å². The van der Waals surface area contributed by atoms with Gasteiger partial charge < -0.3 is 10.6 Å². The summed E-state index contributed by atoms with van der Waals surface area (Å²) < 4.78 is 0. The fourth-order valence-corrected chi connectivity index (χ4v) is 2.22. The van der Waals surface area contributed by atoms with Crippen LogP contribution < -0.4 is 5.73 Å². The second-order valence-corrected chi connectivity index (χ2v) is 5.79. The van der Waals surface area contributed by atoms with Gasteiger partial charge in [0.15, 0.2) is 0 Å². The van der Waals surface area contributed by atoms with Crippen molar-refractivity contribution in [3.05, 3.63) is 0 Å². The van der Waals surface area contributed by atoms with Crippen LogP contribution in [0.3, 0.4) is 0 Å². The third-order valence-electron chi connectivity index (χ3n) is 3.54. The highest BCUT2D eigenvalue weighted by molar-refractivity contribution is 7.80. The van der Waals surface area contributed by atoms with Crippen molar-refractivity contribution in [2.45, 2.75) is 65.7 Å². The standard InChI is InChI=1S/C15H32N2S/c1-4-6-7-8-9-10-11-12-17(5-2)13-14(3)15(16)18/h14H,4-13H2,1-3H3,(H2,16,18). The van der Waals surface area contributed by atoms with Gasteiger partial charge in [-0.25, -0.2) is 0 Å². The van der Waals surface area contributed by atoms with Crippen LogP contribution in [0.15, 0.2) is 0 Å². The summed E-state index contributed by atoms with van der Waals surface area (Å²) in [4.78, 5) is 3.11. The maximum absolute atomic E-state index is 5.67. The highest BCUT2D eigenvalue weighted by atomic mass is 32.1. The second kappa shape index (κ2) is 11.9. The van der Waals surface area contributed by atoms with Crippen LogP contribution in [0.4, 0.5) is 0 Å². The minimum Gasteiger partial charge on any atom is -0.393 e. The summed E-state index contributed by atoms with van der Waals surface area (Å²) in [7, 11) is 0. The Kier molecular flexibility index (Phi) is 11.8. The zero-order valence-corrected chi connectivity index (χ0v) is 13.4. The van der Waals surface area contributed by atoms with Gasteiger partial charge in [0.2, 0.25) is 0 Å². The molecule has 0 aliphatic carbocycles. The van der Waals surface area contributed by atoms with E-state index >= 15 is 0 Å². The van der Waals surface area contributed by atoms with Gasteiger partial charge in [-0.3, -0.25) is 0 Å². The average Bonchev–Trinajstić information content (AvgIpc) is 2.35. The van der Waals surface area contributed by atoms with Gasteiger partial charge in [0, 0.05) is 12.5 Å². The van der Waals surface area contributed by atoms with Crippen molar-refractivity contribution in [2.24, 2.45) is 11.7 Å². The molecule has 0 amide bonds. The van der Waals surface area contributed by atoms with E-state index in [-0.39, 0.29) is 0 Å². The third kappa shape index (κ3) is 9.84. The van der Waals surface area contributed by atoms with E-state index in [2.05, 4.69) is 25.7 Å². The Morgan fingerprint density at radius 1 is 1.06 bits per heavy atom. The Balaban J connectivity index is 3.53. The van der Waals surface area contributed by atoms with E-state index in [0.29, 0.717) is 10.9 Å². The molecule has 0 radical (unpaired) electrons. The molecule has 0 saturated carbocycles. The quantitative estimate of drug-likeness (QED) is 0.430. The molecule has 0 heterocycles. The highest BCUT2D eigenvalue weighted by Gasteiger charge is 2.10. The second-order valence-electron chi connectivity index (χ2n) is 5.32. The molecule has 1 atom stereocenters. The van der Waals surface area contributed by atoms with Crippen LogP contribution in [0.25, 0.3) is 0 Å². The van der Waals surface area contributed by atoms with Crippen molar-refractivity contribution in [3.8, 4) is 0 Å². The van der Waals surface area contributed by atoms with Gasteiger partial charge >= 0.3 is 0 Å². The molecule has 0 aliphatic rings. The van der Waals surface area contributed by atoms with Crippen LogP contribution in [0.5, 0.6) is 0 Å². The molecule has 0 aromatic heterocycles. The number of hydrogen-bond donors (Lipinski definition) is 1. The number of nitrogens with two attached hydrogens (primary N) is 1. The highest BCUT2D eigenvalue weighted by Crippen LogP contribution is 2.08. The first-order valence-corrected chi connectivity index (χ1v) is 8.04. The largest absolute Gasteiger partial charge is 0.393 e. The molecule has 0 spiro atoms. The van der Waals surface area contributed by atoms with Gasteiger partial charge in [-0.05, 0) is 19.5 Å². The molecule has 3 heteroatoms. The fourth-order valence-electron chi connectivity index (χ4n) is 2.15. The third-order valence-corrected chi connectivity index (χ3v) is 3.95. The molecule has 0 aromatic carbocycles. The summed E-state index contributed by atoms with van der Waals surface area (Å²) in [6, 6.07) is 0. The van der Waals surface area contributed by atoms with Crippen LogP contribution in [-0.2, 0) is 0 Å². The molecule has 0 rings (SSSR count). The Bertz CT molecular complexity index is 207. The molecule has 2 N–H and O–H groups in total. The lowest BCUT2D eigenvalue weighted by Gasteiger charge is -2.23. The molecular weight excluding hydrogens is 240 g/mol. The maximum atomic E-state index is 5.67. The predicted molar refractivity (Wildman–Crippen MR) is 86.1 cm³/mol. The van der Waals surface area contributed by atoms with Crippen molar-refractivity contribution >= 4 is 17.2 Å². The number of hydrogen-bond acceptors (Lipinski definition) is 2. The lowest BCUT2D eigenvalue weighted by molar-refractivity contribution is 0.265. The Morgan fingerprint density at radius 2 is 1.61 bits per heavy atom. The van der Waals surface area contributed by atoms with Crippen molar-refractivity contribution in [1.29, 1.82) is 0 Å². The molecule has 0 fully saturated rings. The molecule has 2 nitrogen and oxygen atoms in total. The molecule has 0 saturated heterocycles. The van der Waals surface area contributed by atoms with Crippen LogP contribution in [0.1, 0.15) is 65.7 Å². The molecule has 0 aromatic rings. The first kappa shape index (κ1) is 17.8. The van der Waals surface area contributed by atoms with Gasteiger partial charge in [-0.2, -0.15) is 0 Å². The Labute approximate surface area is 119 Å². The summed E-state index contributed by atoms with van der Waals surface area (Å²) in [5.41, 5.74) is 5.67. The summed E-state index contributed by atoms with van der Waals surface area (Å²) in [5, 5.41) is 0. The van der Waals surface area contributed by atoms with E-state index in [9.17, 15) is 0 Å². The van der Waals surface area contributed by atoms with Gasteiger partial charge in [0.25, 0.3) is 0 Å². The number of rotatable bonds is 12. The van der Waals surface area contributed by atoms with E-state index in [1.54, 1.807) is 0 Å². The monoisotopic (exact) mass is 272 g/mol. The van der Waals surface area contributed by atoms with Gasteiger partial charge in [0.1, 0.15) is 0 Å². The van der Waals surface area contributed by atoms with Gasteiger partial charge in [-0.1, -0.05) is 71.5 Å². The van der Waals surface area contributed by atoms with Crippen LogP contribution in [-0.4, -0.2) is 29.5 Å². The zero-order valence-electron chi connectivity index (χ0n) is 12.6. The van der Waals surface area contributed by atoms with Crippen molar-refractivity contribution < 1.29 is 0 Å². The van der Waals surface area contributed by atoms with E-state index in [4.69, 9.17) is 18.0 Å². The van der Waals surface area contributed by atoms with Crippen LogP contribution in [0, 0.1) is 5.92 Å². The molecule has 0 aliphatic heterocycles. The fraction of sp³-hybridized carbons (Fsp3) is 0.933. The van der Waals surface area contributed by atoms with E-state index in [1.807, 2.05) is 0 Å². The average molecular weight is 273 g/mol. The lowest BCUT2D eigenvalue weighted by Crippen LogP contribution is -2.34. The molecule has 1 unspecified atom stereocenters. The van der Waals surface area contributed by atoms with Crippen LogP contribution >= 0.6 is 12.2 Å². The summed E-state index contributed by atoms with van der Waals surface area (Å²) >= 11 is 5.03. The van der Waals surface area contributed by atoms with Crippen molar-refractivity contribution in [1.82, 2.24) is 4.90 Å². The predicted octanol–water partition coefficient (Wildman–Crippen LogP) is 3.98.